The van der Waals surface area contributed by atoms with Crippen LogP contribution in [0.2, 0.25) is 0 Å². The minimum absolute atomic E-state index is 0.00609. The summed E-state index contributed by atoms with van der Waals surface area (Å²) in [4.78, 5) is 36.4. The summed E-state index contributed by atoms with van der Waals surface area (Å²) in [6, 6.07) is 2.58. The summed E-state index contributed by atoms with van der Waals surface area (Å²) in [5.74, 6) is 0.0103. The van der Waals surface area contributed by atoms with E-state index in [0.717, 1.165) is 6.33 Å². The number of anilines is 2. The molecule has 1 unspecified atom stereocenters. The Morgan fingerprint density at radius 3 is 2.72 bits per heavy atom. The minimum Gasteiger partial charge on any atom is -0.435 e. The number of hydrogen-bond donors (Lipinski definition) is 2. The van der Waals surface area contributed by atoms with Crippen LogP contribution in [0.25, 0.3) is 11.4 Å². The number of carbonyl (C=O) groups excluding carboxylic acids is 1. The second-order valence-corrected chi connectivity index (χ2v) is 6.30. The van der Waals surface area contributed by atoms with Gasteiger partial charge in [0.15, 0.2) is 6.10 Å². The Labute approximate surface area is 162 Å². The van der Waals surface area contributed by atoms with Gasteiger partial charge in [-0.2, -0.15) is 0 Å². The summed E-state index contributed by atoms with van der Waals surface area (Å²) in [5.41, 5.74) is -0.192. The molecule has 29 heavy (non-hydrogen) atoms. The van der Waals surface area contributed by atoms with Crippen molar-refractivity contribution in [3.8, 4) is 11.4 Å². The number of carbonyl (C=O) groups is 1. The minimum atomic E-state index is -3.02. The van der Waals surface area contributed by atoms with Crippen molar-refractivity contribution in [2.75, 3.05) is 36.4 Å². The highest BCUT2D eigenvalue weighted by atomic mass is 19.3. The molecule has 0 aliphatic carbocycles. The average Bonchev–Trinajstić information content (AvgIpc) is 2.72. The first-order valence-electron chi connectivity index (χ1n) is 8.68. The van der Waals surface area contributed by atoms with E-state index in [9.17, 15) is 23.7 Å². The van der Waals surface area contributed by atoms with Crippen LogP contribution >= 0.6 is 0 Å². The van der Waals surface area contributed by atoms with Crippen LogP contribution in [-0.4, -0.2) is 58.6 Å². The van der Waals surface area contributed by atoms with Crippen LogP contribution in [0.15, 0.2) is 18.5 Å². The number of hydrogen-bond acceptors (Lipinski definition) is 9. The number of ether oxygens (including phenoxy) is 1. The first-order chi connectivity index (χ1) is 14.0. The molecule has 2 aromatic rings. The molecule has 13 heteroatoms. The van der Waals surface area contributed by atoms with Crippen LogP contribution in [-0.2, 0) is 4.74 Å². The van der Waals surface area contributed by atoms with Crippen molar-refractivity contribution in [2.24, 2.45) is 0 Å². The van der Waals surface area contributed by atoms with E-state index in [1.807, 2.05) is 0 Å². The fraction of sp³-hybridized carbons (Fsp3) is 0.375. The molecule has 0 radical (unpaired) electrons. The van der Waals surface area contributed by atoms with Gasteiger partial charge in [-0.1, -0.05) is 0 Å². The summed E-state index contributed by atoms with van der Waals surface area (Å²) >= 11 is 0. The average molecular weight is 407 g/mol. The number of alkyl halides is 2. The Balaban J connectivity index is 1.85. The Bertz CT molecular complexity index is 968. The molecule has 1 fully saturated rings. The molecule has 1 amide bonds. The number of amides is 1. The van der Waals surface area contributed by atoms with Crippen molar-refractivity contribution < 1.29 is 23.2 Å². The lowest BCUT2D eigenvalue weighted by atomic mass is 10.0. The van der Waals surface area contributed by atoms with E-state index in [4.69, 9.17) is 4.74 Å². The maximum Gasteiger partial charge on any atom is 0.413 e. The fourth-order valence-electron chi connectivity index (χ4n) is 3.27. The zero-order chi connectivity index (χ0) is 20.5. The Morgan fingerprint density at radius 1 is 1.28 bits per heavy atom. The molecule has 11 nitrogen and oxygen atoms in total. The summed E-state index contributed by atoms with van der Waals surface area (Å²) < 4.78 is 31.8. The smallest absolute Gasteiger partial charge is 0.413 e. The van der Waals surface area contributed by atoms with Crippen molar-refractivity contribution in [2.45, 2.75) is 12.5 Å². The molecule has 4 heterocycles. The number of nitrogens with one attached hydrogen (secondary N) is 2. The van der Waals surface area contributed by atoms with Crippen molar-refractivity contribution in [1.29, 1.82) is 0 Å². The van der Waals surface area contributed by atoms with E-state index in [1.54, 1.807) is 4.90 Å². The van der Waals surface area contributed by atoms with Gasteiger partial charge in [0, 0.05) is 32.2 Å². The van der Waals surface area contributed by atoms with Crippen LogP contribution in [0.3, 0.4) is 0 Å². The molecule has 2 aliphatic heterocycles. The summed E-state index contributed by atoms with van der Waals surface area (Å²) in [6.45, 7) is 2.24. The third-order valence-electron chi connectivity index (χ3n) is 4.56. The van der Waals surface area contributed by atoms with Crippen LogP contribution in [0.5, 0.6) is 0 Å². The quantitative estimate of drug-likeness (QED) is 0.573. The molecule has 1 saturated heterocycles. The highest BCUT2D eigenvalue weighted by molar-refractivity contribution is 5.88. The van der Waals surface area contributed by atoms with Gasteiger partial charge in [0.2, 0.25) is 5.82 Å². The predicted molar refractivity (Wildman–Crippen MR) is 95.8 cm³/mol. The lowest BCUT2D eigenvalue weighted by molar-refractivity contribution is -0.384. The molecule has 1 atom stereocenters. The van der Waals surface area contributed by atoms with Gasteiger partial charge in [0.1, 0.15) is 17.8 Å². The second kappa shape index (κ2) is 7.50. The molecule has 2 N–H and O–H groups in total. The van der Waals surface area contributed by atoms with Gasteiger partial charge in [-0.25, -0.2) is 28.5 Å². The Morgan fingerprint density at radius 2 is 2.03 bits per heavy atom. The third-order valence-corrected chi connectivity index (χ3v) is 4.56. The summed E-state index contributed by atoms with van der Waals surface area (Å²) in [5, 5.41) is 16.9. The molecule has 2 aromatic heterocycles. The highest BCUT2D eigenvalue weighted by Gasteiger charge is 2.38. The number of piperazine rings is 1. The monoisotopic (exact) mass is 407 g/mol. The molecule has 2 aliphatic rings. The molecular formula is C16H15F2N7O4. The number of fused-ring (bicyclic) bond motifs is 1. The van der Waals surface area contributed by atoms with Gasteiger partial charge in [-0.3, -0.25) is 15.4 Å². The number of cyclic esters (lactones) is 1. The Hall–Kier alpha value is -3.48. The third kappa shape index (κ3) is 3.51. The van der Waals surface area contributed by atoms with E-state index in [-0.39, 0.29) is 34.3 Å². The molecule has 0 saturated carbocycles. The number of halogens is 2. The van der Waals surface area contributed by atoms with Gasteiger partial charge in [0.25, 0.3) is 6.43 Å². The number of pyridine rings is 1. The molecule has 152 valence electrons. The first kappa shape index (κ1) is 18.9. The maximum absolute atomic E-state index is 13.5. The van der Waals surface area contributed by atoms with Gasteiger partial charge >= 0.3 is 11.8 Å². The molecule has 4 rings (SSSR count). The van der Waals surface area contributed by atoms with E-state index in [1.165, 1.54) is 12.1 Å². The largest absolute Gasteiger partial charge is 0.435 e. The van der Waals surface area contributed by atoms with Gasteiger partial charge in [-0.05, 0) is 6.07 Å². The fourth-order valence-corrected chi connectivity index (χ4v) is 3.27. The predicted octanol–water partition coefficient (Wildman–Crippen LogP) is 1.72. The molecule has 0 spiro atoms. The zero-order valence-electron chi connectivity index (χ0n) is 14.8. The van der Waals surface area contributed by atoms with Gasteiger partial charge < -0.3 is 15.0 Å². The lowest BCUT2D eigenvalue weighted by Crippen LogP contribution is -2.44. The number of nitro groups is 1. The Kier molecular flexibility index (Phi) is 4.88. The van der Waals surface area contributed by atoms with Crippen molar-refractivity contribution in [3.05, 3.63) is 34.1 Å². The summed E-state index contributed by atoms with van der Waals surface area (Å²) in [7, 11) is 0. The summed E-state index contributed by atoms with van der Waals surface area (Å²) in [6.07, 6.45) is -4.86. The SMILES string of the molecule is O=C1Nc2ncnc(-c3ccc([N+](=O)[O-])c(N4CCNCC4)n3)c2C(C(F)F)O1. The van der Waals surface area contributed by atoms with Gasteiger partial charge in [0.05, 0.1) is 16.2 Å². The first-order valence-corrected chi connectivity index (χ1v) is 8.68. The number of aromatic nitrogens is 3. The molecule has 0 bridgehead atoms. The van der Waals surface area contributed by atoms with Crippen molar-refractivity contribution >= 4 is 23.4 Å². The number of rotatable bonds is 4. The van der Waals surface area contributed by atoms with Gasteiger partial charge in [-0.15, -0.1) is 0 Å². The lowest BCUT2D eigenvalue weighted by Gasteiger charge is -2.29. The van der Waals surface area contributed by atoms with Crippen molar-refractivity contribution in [3.63, 3.8) is 0 Å². The second-order valence-electron chi connectivity index (χ2n) is 6.30. The normalized spacial score (nSPS) is 18.8. The molecule has 0 aromatic carbocycles. The van der Waals surface area contributed by atoms with Crippen LogP contribution in [0, 0.1) is 10.1 Å². The topological polar surface area (TPSA) is 135 Å². The highest BCUT2D eigenvalue weighted by Crippen LogP contribution is 2.39. The zero-order valence-corrected chi connectivity index (χ0v) is 14.8. The number of nitrogens with zero attached hydrogens (tertiary/aromatic N) is 5. The van der Waals surface area contributed by atoms with Crippen LogP contribution in [0.4, 0.5) is 30.9 Å². The van der Waals surface area contributed by atoms with E-state index in [2.05, 4.69) is 25.6 Å². The van der Waals surface area contributed by atoms with E-state index in [0.29, 0.717) is 26.2 Å². The van der Waals surface area contributed by atoms with Crippen molar-refractivity contribution in [1.82, 2.24) is 20.3 Å². The molecular weight excluding hydrogens is 392 g/mol. The standard InChI is InChI=1S/C16H15F2N7O4/c17-13(18)12-10-11(20-7-21-14(10)23-16(26)29-12)8-1-2-9(25(27)28)15(22-8)24-5-3-19-4-6-24/h1-2,7,12-13,19H,3-6H2,(H,20,21,23,26). The van der Waals surface area contributed by atoms with Crippen LogP contribution in [0.1, 0.15) is 11.7 Å². The maximum atomic E-state index is 13.5. The van der Waals surface area contributed by atoms with Crippen LogP contribution < -0.4 is 15.5 Å². The van der Waals surface area contributed by atoms with E-state index >= 15 is 0 Å². The van der Waals surface area contributed by atoms with E-state index < -0.39 is 23.5 Å².